The van der Waals surface area contributed by atoms with Gasteiger partial charge in [-0.05, 0) is 56.6 Å². The van der Waals surface area contributed by atoms with Crippen LogP contribution in [0.1, 0.15) is 46.5 Å². The van der Waals surface area contributed by atoms with Gasteiger partial charge in [0.15, 0.2) is 11.5 Å². The average molecular weight is 406 g/mol. The summed E-state index contributed by atoms with van der Waals surface area (Å²) >= 11 is 0. The van der Waals surface area contributed by atoms with Crippen LogP contribution in [-0.4, -0.2) is 50.2 Å². The standard InChI is InChI=1S/C22H27FO6/c1-11-8-15-14-5-4-12-9-13(24)6-7-19(12,2)21(14,23)16(25)10-20(15,3)22(11,29)17(26)18(27)28/h6-7,9,11,14-16,25,29H,4-5,8,10H2,1-3H3,(H,27,28)/t11-,14+,15+,16+,19+,20+,21+,22+/m1/s1. The summed E-state index contributed by atoms with van der Waals surface area (Å²) in [5.74, 6) is -5.03. The molecule has 0 saturated heterocycles. The third kappa shape index (κ3) is 2.15. The van der Waals surface area contributed by atoms with Crippen molar-refractivity contribution in [3.8, 4) is 0 Å². The lowest BCUT2D eigenvalue weighted by Gasteiger charge is -2.62. The zero-order chi connectivity index (χ0) is 21.6. The van der Waals surface area contributed by atoms with Crippen LogP contribution in [0, 0.1) is 28.6 Å². The van der Waals surface area contributed by atoms with Gasteiger partial charge in [0.25, 0.3) is 5.78 Å². The van der Waals surface area contributed by atoms with Crippen molar-refractivity contribution in [1.29, 1.82) is 0 Å². The highest BCUT2D eigenvalue weighted by Gasteiger charge is 2.76. The zero-order valence-electron chi connectivity index (χ0n) is 16.8. The second kappa shape index (κ2) is 5.85. The Morgan fingerprint density at radius 3 is 2.52 bits per heavy atom. The molecule has 4 rings (SSSR count). The van der Waals surface area contributed by atoms with E-state index in [-0.39, 0.29) is 12.2 Å². The van der Waals surface area contributed by atoms with Crippen LogP contribution in [0.4, 0.5) is 4.39 Å². The lowest BCUT2D eigenvalue weighted by atomic mass is 9.44. The van der Waals surface area contributed by atoms with Crippen LogP contribution in [0.15, 0.2) is 23.8 Å². The molecule has 8 atom stereocenters. The van der Waals surface area contributed by atoms with Crippen LogP contribution in [0.5, 0.6) is 0 Å². The summed E-state index contributed by atoms with van der Waals surface area (Å²) < 4.78 is 16.9. The Morgan fingerprint density at radius 1 is 1.24 bits per heavy atom. The number of carboxylic acids is 1. The summed E-state index contributed by atoms with van der Waals surface area (Å²) in [7, 11) is 0. The Balaban J connectivity index is 1.84. The molecule has 4 aliphatic rings. The molecule has 0 aromatic heterocycles. The molecule has 3 saturated carbocycles. The van der Waals surface area contributed by atoms with Gasteiger partial charge >= 0.3 is 5.97 Å². The molecule has 158 valence electrons. The van der Waals surface area contributed by atoms with Gasteiger partial charge in [0.2, 0.25) is 0 Å². The molecule has 4 aliphatic carbocycles. The maximum atomic E-state index is 16.9. The normalized spacial score (nSPS) is 51.0. The predicted octanol–water partition coefficient (Wildman–Crippen LogP) is 1.99. The molecule has 0 bridgehead atoms. The van der Waals surface area contributed by atoms with Crippen LogP contribution >= 0.6 is 0 Å². The molecule has 7 heteroatoms. The molecule has 0 radical (unpaired) electrons. The zero-order valence-corrected chi connectivity index (χ0v) is 16.8. The first-order valence-electron chi connectivity index (χ1n) is 10.2. The Bertz CT molecular complexity index is 879. The monoisotopic (exact) mass is 406 g/mol. The largest absolute Gasteiger partial charge is 0.475 e. The van der Waals surface area contributed by atoms with Crippen molar-refractivity contribution in [3.63, 3.8) is 0 Å². The van der Waals surface area contributed by atoms with E-state index in [0.29, 0.717) is 24.8 Å². The quantitative estimate of drug-likeness (QED) is 0.605. The summed E-state index contributed by atoms with van der Waals surface area (Å²) in [5.41, 5.74) is -6.01. The lowest BCUT2D eigenvalue weighted by Crippen LogP contribution is -2.69. The maximum Gasteiger partial charge on any atom is 0.375 e. The molecule has 0 spiro atoms. The SMILES string of the molecule is C[C@@H]1C[C@H]2[C@@H]3CCC4=CC(=O)C=C[C@]4(C)[C@@]3(F)[C@@H](O)C[C@]2(C)[C@@]1(O)C(=O)C(=O)O. The number of ketones is 2. The van der Waals surface area contributed by atoms with Gasteiger partial charge in [0, 0.05) is 16.7 Å². The number of halogens is 1. The number of aliphatic hydroxyl groups excluding tert-OH is 1. The number of alkyl halides is 1. The Hall–Kier alpha value is -1.86. The van der Waals surface area contributed by atoms with Gasteiger partial charge < -0.3 is 15.3 Å². The average Bonchev–Trinajstić information content (AvgIpc) is 2.84. The number of rotatable bonds is 2. The number of hydrogen-bond donors (Lipinski definition) is 3. The molecule has 0 unspecified atom stereocenters. The lowest BCUT2D eigenvalue weighted by molar-refractivity contribution is -0.219. The highest BCUT2D eigenvalue weighted by Crippen LogP contribution is 2.70. The van der Waals surface area contributed by atoms with Crippen molar-refractivity contribution in [1.82, 2.24) is 0 Å². The number of carbonyl (C=O) groups is 3. The van der Waals surface area contributed by atoms with Crippen molar-refractivity contribution in [2.45, 2.75) is 63.8 Å². The van der Waals surface area contributed by atoms with Crippen molar-refractivity contribution < 1.29 is 34.1 Å². The van der Waals surface area contributed by atoms with Crippen LogP contribution in [0.25, 0.3) is 0 Å². The molecule has 0 aromatic rings. The summed E-state index contributed by atoms with van der Waals surface area (Å²) in [4.78, 5) is 35.8. The number of aliphatic hydroxyl groups is 2. The van der Waals surface area contributed by atoms with Crippen molar-refractivity contribution in [3.05, 3.63) is 23.8 Å². The van der Waals surface area contributed by atoms with Crippen LogP contribution in [0.2, 0.25) is 0 Å². The number of carboxylic acid groups (broad SMARTS) is 1. The van der Waals surface area contributed by atoms with Crippen molar-refractivity contribution >= 4 is 17.5 Å². The fraction of sp³-hybridized carbons (Fsp3) is 0.682. The van der Waals surface area contributed by atoms with Gasteiger partial charge in [0.05, 0.1) is 6.10 Å². The Labute approximate surface area is 168 Å². The van der Waals surface area contributed by atoms with Crippen molar-refractivity contribution in [2.24, 2.45) is 28.6 Å². The molecule has 0 amide bonds. The van der Waals surface area contributed by atoms with E-state index in [1.165, 1.54) is 18.2 Å². The number of fused-ring (bicyclic) bond motifs is 5. The fourth-order valence-corrected chi connectivity index (χ4v) is 7.19. The van der Waals surface area contributed by atoms with E-state index in [1.54, 1.807) is 20.8 Å². The van der Waals surface area contributed by atoms with E-state index in [9.17, 15) is 29.7 Å². The first kappa shape index (κ1) is 20.4. The minimum absolute atomic E-state index is 0.203. The van der Waals surface area contributed by atoms with E-state index in [0.717, 1.165) is 0 Å². The van der Waals surface area contributed by atoms with Gasteiger partial charge in [-0.15, -0.1) is 0 Å². The van der Waals surface area contributed by atoms with E-state index in [2.05, 4.69) is 0 Å². The molecular weight excluding hydrogens is 379 g/mol. The summed E-state index contributed by atoms with van der Waals surface area (Å²) in [6.07, 6.45) is 3.70. The number of allylic oxidation sites excluding steroid dienone is 4. The van der Waals surface area contributed by atoms with E-state index in [4.69, 9.17) is 0 Å². The second-order valence-corrected chi connectivity index (χ2v) is 9.80. The third-order valence-corrected chi connectivity index (χ3v) is 8.76. The van der Waals surface area contributed by atoms with Crippen LogP contribution in [-0.2, 0) is 14.4 Å². The molecule has 3 fully saturated rings. The van der Waals surface area contributed by atoms with Gasteiger partial charge in [-0.3, -0.25) is 9.59 Å². The molecule has 0 heterocycles. The van der Waals surface area contributed by atoms with Crippen LogP contribution < -0.4 is 0 Å². The van der Waals surface area contributed by atoms with E-state index >= 15 is 4.39 Å². The molecule has 3 N–H and O–H groups in total. The number of hydrogen-bond acceptors (Lipinski definition) is 5. The van der Waals surface area contributed by atoms with Gasteiger partial charge in [-0.2, -0.15) is 0 Å². The fourth-order valence-electron chi connectivity index (χ4n) is 7.19. The Morgan fingerprint density at radius 2 is 1.90 bits per heavy atom. The smallest absolute Gasteiger partial charge is 0.375 e. The first-order chi connectivity index (χ1) is 13.3. The molecule has 0 aromatic carbocycles. The van der Waals surface area contributed by atoms with E-state index in [1.807, 2.05) is 0 Å². The molecule has 6 nitrogen and oxygen atoms in total. The number of carbonyl (C=O) groups excluding carboxylic acids is 2. The third-order valence-electron chi connectivity index (χ3n) is 8.76. The summed E-state index contributed by atoms with van der Waals surface area (Å²) in [6, 6.07) is 0. The van der Waals surface area contributed by atoms with Gasteiger partial charge in [-0.1, -0.05) is 25.5 Å². The van der Waals surface area contributed by atoms with Crippen molar-refractivity contribution in [2.75, 3.05) is 0 Å². The maximum absolute atomic E-state index is 16.9. The van der Waals surface area contributed by atoms with E-state index < -0.39 is 57.7 Å². The minimum Gasteiger partial charge on any atom is -0.475 e. The molecular formula is C22H27FO6. The minimum atomic E-state index is -2.17. The predicted molar refractivity (Wildman–Crippen MR) is 100 cm³/mol. The van der Waals surface area contributed by atoms with Gasteiger partial charge in [-0.25, -0.2) is 9.18 Å². The Kier molecular flexibility index (Phi) is 4.12. The topological polar surface area (TPSA) is 112 Å². The van der Waals surface area contributed by atoms with Gasteiger partial charge in [0.1, 0.15) is 5.60 Å². The summed E-state index contributed by atoms with van der Waals surface area (Å²) in [5, 5.41) is 31.7. The number of Topliss-reactive ketones (excluding diaryl/α,β-unsaturated/α-hetero) is 1. The number of aliphatic carboxylic acids is 1. The molecule has 0 aliphatic heterocycles. The highest BCUT2D eigenvalue weighted by molar-refractivity contribution is 6.36. The van der Waals surface area contributed by atoms with Crippen LogP contribution in [0.3, 0.4) is 0 Å². The molecule has 29 heavy (non-hydrogen) atoms. The summed E-state index contributed by atoms with van der Waals surface area (Å²) in [6.45, 7) is 4.91. The first-order valence-corrected chi connectivity index (χ1v) is 10.2. The highest BCUT2D eigenvalue weighted by atomic mass is 19.1. The second-order valence-electron chi connectivity index (χ2n) is 9.80.